The lowest BCUT2D eigenvalue weighted by Crippen LogP contribution is -2.22. The smallest absolute Gasteiger partial charge is 0.244 e. The first-order valence-corrected chi connectivity index (χ1v) is 7.13. The normalized spacial score (nSPS) is 10.7. The van der Waals surface area contributed by atoms with Gasteiger partial charge < -0.3 is 10.2 Å². The maximum absolute atomic E-state index is 11.8. The number of nitrogens with one attached hydrogen (secondary N) is 1. The number of aromatic nitrogens is 2. The Labute approximate surface area is 134 Å². The Bertz CT molecular complexity index is 668. The molecule has 1 amide bonds. The van der Waals surface area contributed by atoms with Crippen LogP contribution in [0.25, 0.3) is 6.08 Å². The van der Waals surface area contributed by atoms with Crippen LogP contribution in [0.15, 0.2) is 42.6 Å². The molecule has 0 unspecified atom stereocenters. The minimum Gasteiger partial charge on any atom is -0.363 e. The zero-order valence-electron chi connectivity index (χ0n) is 12.5. The summed E-state index contributed by atoms with van der Waals surface area (Å²) in [6.07, 6.45) is 4.87. The van der Waals surface area contributed by atoms with Gasteiger partial charge in [-0.3, -0.25) is 4.79 Å². The van der Waals surface area contributed by atoms with Crippen LogP contribution in [0.2, 0.25) is 5.02 Å². The SMILES string of the molecule is CN(C)c1ccnc(CNC(=O)/C=C/c2ccc(Cl)cc2)n1. The minimum absolute atomic E-state index is 0.200. The molecule has 0 aliphatic heterocycles. The van der Waals surface area contributed by atoms with Crippen molar-refractivity contribution < 1.29 is 4.79 Å². The highest BCUT2D eigenvalue weighted by molar-refractivity contribution is 6.30. The zero-order valence-corrected chi connectivity index (χ0v) is 13.2. The number of carbonyl (C=O) groups is 1. The van der Waals surface area contributed by atoms with Gasteiger partial charge in [0.25, 0.3) is 0 Å². The topological polar surface area (TPSA) is 58.1 Å². The van der Waals surface area contributed by atoms with E-state index in [2.05, 4.69) is 15.3 Å². The number of nitrogens with zero attached hydrogens (tertiary/aromatic N) is 3. The van der Waals surface area contributed by atoms with E-state index in [1.54, 1.807) is 24.4 Å². The van der Waals surface area contributed by atoms with Crippen LogP contribution in [0, 0.1) is 0 Å². The van der Waals surface area contributed by atoms with Crippen LogP contribution >= 0.6 is 11.6 Å². The Morgan fingerprint density at radius 3 is 2.68 bits per heavy atom. The molecule has 2 rings (SSSR count). The quantitative estimate of drug-likeness (QED) is 0.861. The molecule has 0 aliphatic carbocycles. The second kappa shape index (κ2) is 7.56. The molecule has 5 nitrogen and oxygen atoms in total. The van der Waals surface area contributed by atoms with Gasteiger partial charge in [0.05, 0.1) is 6.54 Å². The van der Waals surface area contributed by atoms with Gasteiger partial charge in [0, 0.05) is 31.4 Å². The molecule has 0 saturated heterocycles. The first-order valence-electron chi connectivity index (χ1n) is 6.75. The molecule has 0 fully saturated rings. The number of benzene rings is 1. The van der Waals surface area contributed by atoms with Crippen molar-refractivity contribution in [1.82, 2.24) is 15.3 Å². The molecule has 0 spiro atoms. The highest BCUT2D eigenvalue weighted by atomic mass is 35.5. The molecule has 2 aromatic rings. The number of halogens is 1. The van der Waals surface area contributed by atoms with Crippen molar-refractivity contribution in [3.63, 3.8) is 0 Å². The van der Waals surface area contributed by atoms with E-state index in [9.17, 15) is 4.79 Å². The van der Waals surface area contributed by atoms with E-state index in [0.717, 1.165) is 11.4 Å². The summed E-state index contributed by atoms with van der Waals surface area (Å²) in [5.74, 6) is 1.17. The summed E-state index contributed by atoms with van der Waals surface area (Å²) in [7, 11) is 3.80. The lowest BCUT2D eigenvalue weighted by Gasteiger charge is -2.11. The van der Waals surface area contributed by atoms with Gasteiger partial charge in [0.2, 0.25) is 5.91 Å². The molecule has 0 atom stereocenters. The highest BCUT2D eigenvalue weighted by Crippen LogP contribution is 2.10. The number of carbonyl (C=O) groups excluding carboxylic acids is 1. The second-order valence-electron chi connectivity index (χ2n) is 4.83. The van der Waals surface area contributed by atoms with Gasteiger partial charge >= 0.3 is 0 Å². The molecule has 22 heavy (non-hydrogen) atoms. The molecule has 0 aliphatic rings. The van der Waals surface area contributed by atoms with Gasteiger partial charge in [-0.05, 0) is 29.8 Å². The Balaban J connectivity index is 1.90. The Morgan fingerprint density at radius 1 is 1.27 bits per heavy atom. The molecule has 0 saturated carbocycles. The van der Waals surface area contributed by atoms with Gasteiger partial charge in [0.1, 0.15) is 11.6 Å². The summed E-state index contributed by atoms with van der Waals surface area (Å²) in [5.41, 5.74) is 0.908. The molecule has 1 N–H and O–H groups in total. The monoisotopic (exact) mass is 316 g/mol. The molecule has 114 valence electrons. The van der Waals surface area contributed by atoms with Gasteiger partial charge in [-0.1, -0.05) is 23.7 Å². The lowest BCUT2D eigenvalue weighted by atomic mass is 10.2. The molecule has 1 aromatic carbocycles. The lowest BCUT2D eigenvalue weighted by molar-refractivity contribution is -0.116. The van der Waals surface area contributed by atoms with Crippen molar-refractivity contribution in [1.29, 1.82) is 0 Å². The van der Waals surface area contributed by atoms with Crippen LogP contribution < -0.4 is 10.2 Å². The largest absolute Gasteiger partial charge is 0.363 e. The standard InChI is InChI=1S/C16H17ClN4O/c1-21(2)15-9-10-18-14(20-15)11-19-16(22)8-5-12-3-6-13(17)7-4-12/h3-10H,11H2,1-2H3,(H,19,22)/b8-5+. The predicted octanol–water partition coefficient (Wildman–Crippen LogP) is 2.53. The first-order chi connectivity index (χ1) is 10.5. The van der Waals surface area contributed by atoms with E-state index < -0.39 is 0 Å². The molecular formula is C16H17ClN4O. The van der Waals surface area contributed by atoms with E-state index in [4.69, 9.17) is 11.6 Å². The average molecular weight is 317 g/mol. The fourth-order valence-corrected chi connectivity index (χ4v) is 1.82. The van der Waals surface area contributed by atoms with Crippen molar-refractivity contribution in [2.75, 3.05) is 19.0 Å². The van der Waals surface area contributed by atoms with Gasteiger partial charge in [0.15, 0.2) is 0 Å². The molecule has 6 heteroatoms. The van der Waals surface area contributed by atoms with Gasteiger partial charge in [-0.25, -0.2) is 9.97 Å². The fraction of sp³-hybridized carbons (Fsp3) is 0.188. The highest BCUT2D eigenvalue weighted by Gasteiger charge is 2.02. The van der Waals surface area contributed by atoms with E-state index >= 15 is 0 Å². The summed E-state index contributed by atoms with van der Waals surface area (Å²) in [5, 5.41) is 3.42. The number of hydrogen-bond acceptors (Lipinski definition) is 4. The average Bonchev–Trinajstić information content (AvgIpc) is 2.52. The van der Waals surface area contributed by atoms with Crippen LogP contribution in [0.4, 0.5) is 5.82 Å². The van der Waals surface area contributed by atoms with Crippen LogP contribution in [0.3, 0.4) is 0 Å². The number of anilines is 1. The summed E-state index contributed by atoms with van der Waals surface area (Å²) in [6.45, 7) is 0.283. The predicted molar refractivity (Wildman–Crippen MR) is 88.7 cm³/mol. The summed E-state index contributed by atoms with van der Waals surface area (Å²) < 4.78 is 0. The maximum atomic E-state index is 11.8. The molecule has 1 aromatic heterocycles. The van der Waals surface area contributed by atoms with Crippen molar-refractivity contribution in [2.24, 2.45) is 0 Å². The van der Waals surface area contributed by atoms with Crippen molar-refractivity contribution in [2.45, 2.75) is 6.54 Å². The second-order valence-corrected chi connectivity index (χ2v) is 5.26. The van der Waals surface area contributed by atoms with Crippen LogP contribution in [0.5, 0.6) is 0 Å². The Morgan fingerprint density at radius 2 is 2.00 bits per heavy atom. The summed E-state index contributed by atoms with van der Waals surface area (Å²) >= 11 is 5.81. The van der Waals surface area contributed by atoms with E-state index in [1.807, 2.05) is 37.2 Å². The van der Waals surface area contributed by atoms with Gasteiger partial charge in [-0.15, -0.1) is 0 Å². The molecule has 0 radical (unpaired) electrons. The molecule has 0 bridgehead atoms. The molecular weight excluding hydrogens is 300 g/mol. The van der Waals surface area contributed by atoms with Crippen LogP contribution in [0.1, 0.15) is 11.4 Å². The van der Waals surface area contributed by atoms with Crippen molar-refractivity contribution >= 4 is 29.4 Å². The number of hydrogen-bond donors (Lipinski definition) is 1. The Kier molecular flexibility index (Phi) is 5.49. The van der Waals surface area contributed by atoms with Crippen LogP contribution in [-0.4, -0.2) is 30.0 Å². The number of rotatable bonds is 5. The zero-order chi connectivity index (χ0) is 15.9. The summed E-state index contributed by atoms with van der Waals surface area (Å²) in [4.78, 5) is 22.1. The van der Waals surface area contributed by atoms with E-state index in [1.165, 1.54) is 6.08 Å². The van der Waals surface area contributed by atoms with Gasteiger partial charge in [-0.2, -0.15) is 0 Å². The molecule has 1 heterocycles. The van der Waals surface area contributed by atoms with E-state index in [0.29, 0.717) is 10.8 Å². The summed E-state index contributed by atoms with van der Waals surface area (Å²) in [6, 6.07) is 9.05. The van der Waals surface area contributed by atoms with Crippen molar-refractivity contribution in [3.05, 3.63) is 59.0 Å². The number of amides is 1. The third-order valence-corrected chi connectivity index (χ3v) is 3.12. The fourth-order valence-electron chi connectivity index (χ4n) is 1.69. The van der Waals surface area contributed by atoms with E-state index in [-0.39, 0.29) is 12.5 Å². The first kappa shape index (κ1) is 16.0. The third kappa shape index (κ3) is 4.86. The maximum Gasteiger partial charge on any atom is 0.244 e. The van der Waals surface area contributed by atoms with Crippen molar-refractivity contribution in [3.8, 4) is 0 Å². The third-order valence-electron chi connectivity index (χ3n) is 2.87. The Hall–Kier alpha value is -2.40. The minimum atomic E-state index is -0.200. The van der Waals surface area contributed by atoms with Crippen LogP contribution in [-0.2, 0) is 11.3 Å².